The number of rotatable bonds is 8. The Kier molecular flexibility index (Phi) is 7.10. The molecule has 2 aromatic carbocycles. The first-order valence-electron chi connectivity index (χ1n) is 10.0. The first-order chi connectivity index (χ1) is 16.0. The fourth-order valence-electron chi connectivity index (χ4n) is 3.03. The lowest BCUT2D eigenvalue weighted by molar-refractivity contribution is -0.117. The molecule has 33 heavy (non-hydrogen) atoms. The first-order valence-corrected chi connectivity index (χ1v) is 11.8. The minimum Gasteiger partial charge on any atom is -0.326 e. The minimum absolute atomic E-state index is 0.0828. The lowest BCUT2D eigenvalue weighted by Gasteiger charge is -2.06. The molecular weight excluding hydrogens is 460 g/mol. The van der Waals surface area contributed by atoms with Crippen LogP contribution in [0, 0.1) is 6.92 Å². The van der Waals surface area contributed by atoms with Gasteiger partial charge < -0.3 is 5.32 Å². The van der Waals surface area contributed by atoms with Gasteiger partial charge in [0.15, 0.2) is 4.34 Å². The van der Waals surface area contributed by atoms with Crippen molar-refractivity contribution in [1.29, 1.82) is 0 Å². The largest absolute Gasteiger partial charge is 0.326 e. The lowest BCUT2D eigenvalue weighted by atomic mass is 10.2. The van der Waals surface area contributed by atoms with Crippen molar-refractivity contribution in [2.45, 2.75) is 24.2 Å². The molecule has 0 aliphatic heterocycles. The Bertz CT molecular complexity index is 1370. The number of benzene rings is 2. The number of hydrogen-bond acceptors (Lipinski definition) is 8. The topological polar surface area (TPSA) is 119 Å². The van der Waals surface area contributed by atoms with Gasteiger partial charge >= 0.3 is 0 Å². The van der Waals surface area contributed by atoms with E-state index in [2.05, 4.69) is 25.8 Å². The van der Waals surface area contributed by atoms with E-state index in [4.69, 9.17) is 0 Å². The first kappa shape index (κ1) is 22.6. The third-order valence-corrected chi connectivity index (χ3v) is 6.53. The van der Waals surface area contributed by atoms with Crippen LogP contribution in [-0.2, 0) is 16.1 Å². The van der Waals surface area contributed by atoms with E-state index < -0.39 is 5.91 Å². The van der Waals surface area contributed by atoms with Gasteiger partial charge in [-0.2, -0.15) is 0 Å². The van der Waals surface area contributed by atoms with Crippen molar-refractivity contribution in [2.24, 2.45) is 0 Å². The molecule has 4 rings (SSSR count). The molecule has 2 aromatic heterocycles. The number of aromatic nitrogens is 4. The normalized spacial score (nSPS) is 10.8. The molecule has 0 saturated carbocycles. The molecule has 0 fully saturated rings. The number of carbonyl (C=O) groups excluding carboxylic acids is 2. The van der Waals surface area contributed by atoms with Gasteiger partial charge in [0.1, 0.15) is 6.54 Å². The fourth-order valence-corrected chi connectivity index (χ4v) is 4.80. The predicted molar refractivity (Wildman–Crippen MR) is 130 cm³/mol. The third-order valence-electron chi connectivity index (χ3n) is 4.55. The van der Waals surface area contributed by atoms with E-state index in [0.29, 0.717) is 32.5 Å². The Morgan fingerprint density at radius 2 is 1.91 bits per heavy atom. The maximum absolute atomic E-state index is 12.5. The molecule has 0 radical (unpaired) electrons. The highest BCUT2D eigenvalue weighted by Crippen LogP contribution is 2.26. The van der Waals surface area contributed by atoms with Crippen LogP contribution < -0.4 is 16.2 Å². The summed E-state index contributed by atoms with van der Waals surface area (Å²) in [7, 11) is 0. The number of amides is 2. The summed E-state index contributed by atoms with van der Waals surface area (Å²) in [6, 6.07) is 14.6. The number of aryl methyl sites for hydroxylation is 1. The molecule has 0 bridgehead atoms. The van der Waals surface area contributed by atoms with Gasteiger partial charge in [0.05, 0.1) is 17.2 Å². The van der Waals surface area contributed by atoms with E-state index in [9.17, 15) is 14.4 Å². The third kappa shape index (κ3) is 6.02. The molecule has 168 valence electrons. The summed E-state index contributed by atoms with van der Waals surface area (Å²) in [4.78, 5) is 41.2. The number of para-hydroxylation sites is 1. The summed E-state index contributed by atoms with van der Waals surface area (Å²) < 4.78 is 1.89. The van der Waals surface area contributed by atoms with Crippen LogP contribution in [-0.4, -0.2) is 37.3 Å². The number of nitrogens with zero attached hydrogens (tertiary/aromatic N) is 4. The molecule has 9 nitrogen and oxygen atoms in total. The van der Waals surface area contributed by atoms with E-state index >= 15 is 0 Å². The average molecular weight is 481 g/mol. The molecule has 0 aliphatic rings. The van der Waals surface area contributed by atoms with Crippen molar-refractivity contribution < 1.29 is 9.59 Å². The van der Waals surface area contributed by atoms with Crippen LogP contribution in [0.5, 0.6) is 0 Å². The van der Waals surface area contributed by atoms with Crippen molar-refractivity contribution in [2.75, 3.05) is 16.4 Å². The summed E-state index contributed by atoms with van der Waals surface area (Å²) in [5.74, 6) is 0.0401. The second-order valence-corrected chi connectivity index (χ2v) is 9.45. The van der Waals surface area contributed by atoms with Gasteiger partial charge in [-0.15, -0.1) is 10.2 Å². The SMILES string of the molecule is Cc1cccc(NC(=O)CCSc2nnc(NC(=O)Cn3cnc4ccccc4c3=O)s2)c1. The van der Waals surface area contributed by atoms with Crippen LogP contribution in [0.1, 0.15) is 12.0 Å². The van der Waals surface area contributed by atoms with E-state index in [1.807, 2.05) is 31.2 Å². The van der Waals surface area contributed by atoms with Gasteiger partial charge in [0.2, 0.25) is 16.9 Å². The van der Waals surface area contributed by atoms with Crippen LogP contribution in [0.2, 0.25) is 0 Å². The highest BCUT2D eigenvalue weighted by molar-refractivity contribution is 8.01. The molecule has 2 heterocycles. The number of hydrogen-bond donors (Lipinski definition) is 2. The van der Waals surface area contributed by atoms with Gasteiger partial charge in [-0.05, 0) is 36.8 Å². The maximum Gasteiger partial charge on any atom is 0.261 e. The van der Waals surface area contributed by atoms with Gasteiger partial charge in [-0.1, -0.05) is 47.4 Å². The van der Waals surface area contributed by atoms with Gasteiger partial charge in [-0.25, -0.2) is 4.98 Å². The molecule has 0 atom stereocenters. The van der Waals surface area contributed by atoms with Crippen LogP contribution in [0.4, 0.5) is 10.8 Å². The second kappa shape index (κ2) is 10.4. The zero-order valence-electron chi connectivity index (χ0n) is 17.6. The van der Waals surface area contributed by atoms with Crippen LogP contribution >= 0.6 is 23.1 Å². The zero-order valence-corrected chi connectivity index (χ0v) is 19.3. The highest BCUT2D eigenvalue weighted by Gasteiger charge is 2.12. The van der Waals surface area contributed by atoms with E-state index in [1.165, 1.54) is 34.0 Å². The molecule has 0 aliphatic carbocycles. The maximum atomic E-state index is 12.5. The number of thioether (sulfide) groups is 1. The number of anilines is 2. The number of fused-ring (bicyclic) bond motifs is 1. The van der Waals surface area contributed by atoms with Crippen LogP contribution in [0.3, 0.4) is 0 Å². The fraction of sp³-hybridized carbons (Fsp3) is 0.182. The van der Waals surface area contributed by atoms with E-state index in [1.54, 1.807) is 24.3 Å². The van der Waals surface area contributed by atoms with Crippen molar-refractivity contribution in [1.82, 2.24) is 19.7 Å². The summed E-state index contributed by atoms with van der Waals surface area (Å²) in [5.41, 5.74) is 2.14. The van der Waals surface area contributed by atoms with Crippen molar-refractivity contribution in [3.63, 3.8) is 0 Å². The van der Waals surface area contributed by atoms with E-state index in [0.717, 1.165) is 11.3 Å². The molecule has 0 spiro atoms. The van der Waals surface area contributed by atoms with Gasteiger partial charge in [0.25, 0.3) is 5.56 Å². The lowest BCUT2D eigenvalue weighted by Crippen LogP contribution is -2.27. The summed E-state index contributed by atoms with van der Waals surface area (Å²) in [5, 5.41) is 14.3. The number of carbonyl (C=O) groups is 2. The molecule has 11 heteroatoms. The Balaban J connectivity index is 1.26. The molecule has 2 amide bonds. The highest BCUT2D eigenvalue weighted by atomic mass is 32.2. The van der Waals surface area contributed by atoms with Crippen LogP contribution in [0.15, 0.2) is 64.0 Å². The van der Waals surface area contributed by atoms with E-state index in [-0.39, 0.29) is 18.0 Å². The minimum atomic E-state index is -0.403. The molecular formula is C22H20N6O3S2. The Hall–Kier alpha value is -3.57. The standard InChI is InChI=1S/C22H20N6O3S2/c1-14-5-4-6-15(11-14)24-18(29)9-10-32-22-27-26-21(33-22)25-19(30)12-28-13-23-17-8-3-2-7-16(17)20(28)31/h2-8,11,13H,9-10,12H2,1H3,(H,24,29)(H,25,26,30). The monoisotopic (exact) mass is 480 g/mol. The Labute approximate surface area is 197 Å². The van der Waals surface area contributed by atoms with Crippen LogP contribution in [0.25, 0.3) is 10.9 Å². The van der Waals surface area contributed by atoms with Gasteiger partial charge in [-0.3, -0.25) is 24.3 Å². The second-order valence-electron chi connectivity index (χ2n) is 7.13. The summed E-state index contributed by atoms with van der Waals surface area (Å²) >= 11 is 2.60. The average Bonchev–Trinajstić information content (AvgIpc) is 3.23. The summed E-state index contributed by atoms with van der Waals surface area (Å²) in [6.45, 7) is 1.78. The van der Waals surface area contributed by atoms with Gasteiger partial charge in [0, 0.05) is 17.9 Å². The zero-order chi connectivity index (χ0) is 23.2. The molecule has 2 N–H and O–H groups in total. The Morgan fingerprint density at radius 1 is 1.06 bits per heavy atom. The van der Waals surface area contributed by atoms with Crippen molar-refractivity contribution >= 4 is 56.6 Å². The van der Waals surface area contributed by atoms with Crippen molar-refractivity contribution in [3.05, 3.63) is 70.8 Å². The number of nitrogens with one attached hydrogen (secondary N) is 2. The predicted octanol–water partition coefficient (Wildman–Crippen LogP) is 3.32. The molecule has 0 unspecified atom stereocenters. The molecule has 4 aromatic rings. The quantitative estimate of drug-likeness (QED) is 0.293. The Morgan fingerprint density at radius 3 is 2.76 bits per heavy atom. The van der Waals surface area contributed by atoms with Crippen molar-refractivity contribution in [3.8, 4) is 0 Å². The smallest absolute Gasteiger partial charge is 0.261 e. The summed E-state index contributed by atoms with van der Waals surface area (Å²) in [6.07, 6.45) is 1.67. The molecule has 0 saturated heterocycles.